The van der Waals surface area contributed by atoms with Gasteiger partial charge in [-0.05, 0) is 31.0 Å². The highest BCUT2D eigenvalue weighted by Crippen LogP contribution is 2.20. The molecule has 1 aromatic carbocycles. The molecule has 0 saturated carbocycles. The van der Waals surface area contributed by atoms with Gasteiger partial charge >= 0.3 is 0 Å². The van der Waals surface area contributed by atoms with Gasteiger partial charge in [-0.3, -0.25) is 0 Å². The number of benzene rings is 1. The third-order valence-corrected chi connectivity index (χ3v) is 2.21. The average molecular weight is 178 g/mol. The Morgan fingerprint density at radius 2 is 2.00 bits per heavy atom. The van der Waals surface area contributed by atoms with Gasteiger partial charge in [0.1, 0.15) is 6.09 Å². The number of aryl methyl sites for hydroxylation is 1. The van der Waals surface area contributed by atoms with Crippen LogP contribution in [0.15, 0.2) is 18.2 Å². The highest BCUT2D eigenvalue weighted by molar-refractivity contribution is 5.85. The average Bonchev–Trinajstić information content (AvgIpc) is 2.08. The molecule has 3 nitrogen and oxygen atoms in total. The number of amides is 1. The van der Waals surface area contributed by atoms with Crippen molar-refractivity contribution in [1.29, 1.82) is 0 Å². The molecule has 0 N–H and O–H groups in total. The Kier molecular flexibility index (Phi) is 2.56. The fourth-order valence-electron chi connectivity index (χ4n) is 1.20. The molecule has 0 aliphatic heterocycles. The van der Waals surface area contributed by atoms with E-state index in [4.69, 9.17) is 0 Å². The first-order chi connectivity index (χ1) is 6.04. The summed E-state index contributed by atoms with van der Waals surface area (Å²) in [4.78, 5) is 11.7. The highest BCUT2D eigenvalue weighted by atomic mass is 16.4. The van der Waals surface area contributed by atoms with E-state index in [1.165, 1.54) is 7.05 Å². The summed E-state index contributed by atoms with van der Waals surface area (Å²) in [6, 6.07) is 5.54. The number of nitrogens with zero attached hydrogens (tertiary/aromatic N) is 1. The first-order valence-corrected chi connectivity index (χ1v) is 4.05. The number of carbonyl (C=O) groups excluding carboxylic acids is 1. The van der Waals surface area contributed by atoms with Crippen molar-refractivity contribution < 1.29 is 9.90 Å². The van der Waals surface area contributed by atoms with Gasteiger partial charge in [0.25, 0.3) is 0 Å². The fraction of sp³-hybridized carbons (Fsp3) is 0.300. The second-order valence-electron chi connectivity index (χ2n) is 3.04. The zero-order valence-electron chi connectivity index (χ0n) is 8.00. The Hall–Kier alpha value is -1.51. The van der Waals surface area contributed by atoms with E-state index in [1.54, 1.807) is 6.07 Å². The van der Waals surface area contributed by atoms with Crippen LogP contribution in [0.4, 0.5) is 10.5 Å². The second kappa shape index (κ2) is 3.47. The van der Waals surface area contributed by atoms with Gasteiger partial charge in [-0.15, -0.1) is 0 Å². The van der Waals surface area contributed by atoms with Gasteiger partial charge < -0.3 is 14.8 Å². The predicted octanol–water partition coefficient (Wildman–Crippen LogP) is 1.08. The largest absolute Gasteiger partial charge is 0.530 e. The lowest BCUT2D eigenvalue weighted by molar-refractivity contribution is -0.246. The van der Waals surface area contributed by atoms with Crippen LogP contribution in [0.1, 0.15) is 11.1 Å². The lowest BCUT2D eigenvalue weighted by Crippen LogP contribution is -2.38. The maximum Gasteiger partial charge on any atom is 0.141 e. The maximum absolute atomic E-state index is 10.6. The van der Waals surface area contributed by atoms with Crippen molar-refractivity contribution in [2.75, 3.05) is 11.9 Å². The third-order valence-electron chi connectivity index (χ3n) is 2.21. The Balaban J connectivity index is 3.15. The van der Waals surface area contributed by atoms with E-state index < -0.39 is 6.09 Å². The summed E-state index contributed by atoms with van der Waals surface area (Å²) in [6.07, 6.45) is -1.19. The standard InChI is InChI=1S/C10H13NO2/c1-7-5-4-6-9(8(7)2)11(3)10(12)13/h4-6H,1-3H3,(H,12,13)/p-1. The van der Waals surface area contributed by atoms with Crippen molar-refractivity contribution in [3.63, 3.8) is 0 Å². The lowest BCUT2D eigenvalue weighted by Gasteiger charge is -2.22. The molecule has 0 heterocycles. The topological polar surface area (TPSA) is 43.4 Å². The summed E-state index contributed by atoms with van der Waals surface area (Å²) < 4.78 is 0. The molecule has 1 rings (SSSR count). The Morgan fingerprint density at radius 3 is 2.54 bits per heavy atom. The van der Waals surface area contributed by atoms with Crippen LogP contribution >= 0.6 is 0 Å². The Bertz CT molecular complexity index is 334. The SMILES string of the molecule is Cc1cccc(N(C)C(=O)[O-])c1C. The summed E-state index contributed by atoms with van der Waals surface area (Å²) in [7, 11) is 1.48. The number of hydrogen-bond donors (Lipinski definition) is 0. The van der Waals surface area contributed by atoms with Crippen molar-refractivity contribution in [3.8, 4) is 0 Å². The van der Waals surface area contributed by atoms with E-state index in [1.807, 2.05) is 26.0 Å². The molecule has 0 saturated heterocycles. The molecule has 1 aromatic rings. The second-order valence-corrected chi connectivity index (χ2v) is 3.04. The molecule has 0 aromatic heterocycles. The van der Waals surface area contributed by atoms with Crippen molar-refractivity contribution >= 4 is 11.8 Å². The van der Waals surface area contributed by atoms with Crippen LogP contribution in [-0.2, 0) is 0 Å². The highest BCUT2D eigenvalue weighted by Gasteiger charge is 2.05. The minimum atomic E-state index is -1.19. The van der Waals surface area contributed by atoms with Gasteiger partial charge in [-0.1, -0.05) is 12.1 Å². The minimum absolute atomic E-state index is 0.681. The van der Waals surface area contributed by atoms with Crippen molar-refractivity contribution in [1.82, 2.24) is 0 Å². The molecule has 3 heteroatoms. The quantitative estimate of drug-likeness (QED) is 0.646. The molecule has 0 atom stereocenters. The van der Waals surface area contributed by atoms with E-state index in [9.17, 15) is 9.90 Å². The summed E-state index contributed by atoms with van der Waals surface area (Å²) in [6.45, 7) is 3.84. The molecule has 70 valence electrons. The number of hydrogen-bond acceptors (Lipinski definition) is 2. The van der Waals surface area contributed by atoms with E-state index >= 15 is 0 Å². The van der Waals surface area contributed by atoms with Gasteiger partial charge in [-0.25, -0.2) is 0 Å². The van der Waals surface area contributed by atoms with Gasteiger partial charge in [0, 0.05) is 12.7 Å². The summed E-state index contributed by atoms with van der Waals surface area (Å²) >= 11 is 0. The summed E-state index contributed by atoms with van der Waals surface area (Å²) in [5.74, 6) is 0. The summed E-state index contributed by atoms with van der Waals surface area (Å²) in [5.41, 5.74) is 2.72. The van der Waals surface area contributed by atoms with Crippen molar-refractivity contribution in [3.05, 3.63) is 29.3 Å². The summed E-state index contributed by atoms with van der Waals surface area (Å²) in [5, 5.41) is 10.6. The van der Waals surface area contributed by atoms with Crippen LogP contribution in [0.5, 0.6) is 0 Å². The van der Waals surface area contributed by atoms with Crippen LogP contribution in [0, 0.1) is 13.8 Å². The zero-order chi connectivity index (χ0) is 10.0. The molecule has 0 aliphatic rings. The molecule has 0 fully saturated rings. The monoisotopic (exact) mass is 178 g/mol. The lowest BCUT2D eigenvalue weighted by atomic mass is 10.1. The molecular weight excluding hydrogens is 166 g/mol. The number of anilines is 1. The van der Waals surface area contributed by atoms with Crippen LogP contribution in [0.25, 0.3) is 0 Å². The smallest absolute Gasteiger partial charge is 0.141 e. The van der Waals surface area contributed by atoms with Crippen LogP contribution < -0.4 is 10.0 Å². The first-order valence-electron chi connectivity index (χ1n) is 4.05. The van der Waals surface area contributed by atoms with Crippen LogP contribution in [0.3, 0.4) is 0 Å². The molecule has 0 unspecified atom stereocenters. The van der Waals surface area contributed by atoms with Crippen LogP contribution in [-0.4, -0.2) is 13.1 Å². The number of carboxylic acid groups (broad SMARTS) is 1. The minimum Gasteiger partial charge on any atom is -0.530 e. The maximum atomic E-state index is 10.6. The molecule has 13 heavy (non-hydrogen) atoms. The molecule has 0 spiro atoms. The number of carbonyl (C=O) groups is 1. The van der Waals surface area contributed by atoms with E-state index in [2.05, 4.69) is 0 Å². The molecule has 0 aliphatic carbocycles. The van der Waals surface area contributed by atoms with E-state index in [0.29, 0.717) is 5.69 Å². The molecular formula is C10H12NO2-. The van der Waals surface area contributed by atoms with Gasteiger partial charge in [0.2, 0.25) is 0 Å². The van der Waals surface area contributed by atoms with Gasteiger partial charge in [0.15, 0.2) is 0 Å². The predicted molar refractivity (Wildman–Crippen MR) is 49.7 cm³/mol. The van der Waals surface area contributed by atoms with Crippen molar-refractivity contribution in [2.45, 2.75) is 13.8 Å². The molecule has 1 amide bonds. The fourth-order valence-corrected chi connectivity index (χ4v) is 1.20. The van der Waals surface area contributed by atoms with Crippen LogP contribution in [0.2, 0.25) is 0 Å². The zero-order valence-corrected chi connectivity index (χ0v) is 8.00. The Labute approximate surface area is 77.6 Å². The molecule has 0 radical (unpaired) electrons. The van der Waals surface area contributed by atoms with Crippen molar-refractivity contribution in [2.24, 2.45) is 0 Å². The van der Waals surface area contributed by atoms with Gasteiger partial charge in [-0.2, -0.15) is 0 Å². The third kappa shape index (κ3) is 1.80. The Morgan fingerprint density at radius 1 is 1.38 bits per heavy atom. The molecule has 0 bridgehead atoms. The number of rotatable bonds is 1. The van der Waals surface area contributed by atoms with Gasteiger partial charge in [0.05, 0.1) is 0 Å². The van der Waals surface area contributed by atoms with E-state index in [0.717, 1.165) is 16.0 Å². The first kappa shape index (κ1) is 9.58. The van der Waals surface area contributed by atoms with E-state index in [-0.39, 0.29) is 0 Å². The normalized spacial score (nSPS) is 9.77.